The number of aromatic nitrogens is 1. The van der Waals surface area contributed by atoms with Gasteiger partial charge >= 0.3 is 0 Å². The minimum absolute atomic E-state index is 0.230. The van der Waals surface area contributed by atoms with Gasteiger partial charge in [0.1, 0.15) is 11.6 Å². The van der Waals surface area contributed by atoms with Gasteiger partial charge in [-0.25, -0.2) is 4.39 Å². The Labute approximate surface area is 150 Å². The van der Waals surface area contributed by atoms with Crippen LogP contribution in [-0.2, 0) is 6.54 Å². The van der Waals surface area contributed by atoms with Gasteiger partial charge < -0.3 is 9.30 Å². The molecule has 0 saturated carbocycles. The van der Waals surface area contributed by atoms with E-state index in [1.165, 1.54) is 12.1 Å². The summed E-state index contributed by atoms with van der Waals surface area (Å²) in [5, 5.41) is 2.89. The minimum atomic E-state index is -0.230. The SMILES string of the molecule is COc1c(C)ccc2c3cc(Cl)ccc3n(Cc3ccc(F)cc3)c12. The van der Waals surface area contributed by atoms with Gasteiger partial charge in [0.05, 0.1) is 12.6 Å². The molecule has 4 aromatic rings. The Morgan fingerprint density at radius 3 is 2.48 bits per heavy atom. The van der Waals surface area contributed by atoms with E-state index >= 15 is 0 Å². The molecule has 2 nitrogen and oxygen atoms in total. The number of halogens is 2. The van der Waals surface area contributed by atoms with Crippen molar-refractivity contribution < 1.29 is 9.13 Å². The molecule has 0 bridgehead atoms. The van der Waals surface area contributed by atoms with Crippen molar-refractivity contribution in [2.45, 2.75) is 13.5 Å². The molecule has 0 aliphatic rings. The topological polar surface area (TPSA) is 14.2 Å². The Bertz CT molecular complexity index is 1080. The summed E-state index contributed by atoms with van der Waals surface area (Å²) >= 11 is 6.23. The lowest BCUT2D eigenvalue weighted by Crippen LogP contribution is -2.01. The first-order valence-electron chi connectivity index (χ1n) is 8.08. The van der Waals surface area contributed by atoms with Crippen LogP contribution in [0.25, 0.3) is 21.8 Å². The zero-order chi connectivity index (χ0) is 17.6. The van der Waals surface area contributed by atoms with E-state index in [4.69, 9.17) is 16.3 Å². The highest BCUT2D eigenvalue weighted by atomic mass is 35.5. The van der Waals surface area contributed by atoms with E-state index in [1.807, 2.05) is 37.3 Å². The van der Waals surface area contributed by atoms with Gasteiger partial charge in [0.15, 0.2) is 0 Å². The lowest BCUT2D eigenvalue weighted by molar-refractivity contribution is 0.414. The number of hydrogen-bond acceptors (Lipinski definition) is 1. The summed E-state index contributed by atoms with van der Waals surface area (Å²) in [6.07, 6.45) is 0. The number of methoxy groups -OCH3 is 1. The molecule has 0 N–H and O–H groups in total. The van der Waals surface area contributed by atoms with Crippen LogP contribution < -0.4 is 4.74 Å². The molecule has 25 heavy (non-hydrogen) atoms. The second kappa shape index (κ2) is 6.08. The molecular weight excluding hydrogens is 337 g/mol. The summed E-state index contributed by atoms with van der Waals surface area (Å²) in [6, 6.07) is 16.7. The number of rotatable bonds is 3. The highest BCUT2D eigenvalue weighted by Crippen LogP contribution is 2.38. The molecule has 4 rings (SSSR count). The Balaban J connectivity index is 2.05. The molecule has 0 unspecified atom stereocenters. The van der Waals surface area contributed by atoms with Crippen LogP contribution in [-0.4, -0.2) is 11.7 Å². The van der Waals surface area contributed by atoms with Crippen LogP contribution >= 0.6 is 11.6 Å². The Kier molecular flexibility index (Phi) is 3.89. The fourth-order valence-electron chi connectivity index (χ4n) is 3.43. The van der Waals surface area contributed by atoms with Gasteiger partial charge in [-0.3, -0.25) is 0 Å². The summed E-state index contributed by atoms with van der Waals surface area (Å²) in [4.78, 5) is 0. The maximum atomic E-state index is 13.2. The fraction of sp³-hybridized carbons (Fsp3) is 0.143. The maximum absolute atomic E-state index is 13.2. The molecule has 3 aromatic carbocycles. The van der Waals surface area contributed by atoms with Crippen LogP contribution in [0.3, 0.4) is 0 Å². The number of benzene rings is 3. The van der Waals surface area contributed by atoms with Crippen molar-refractivity contribution in [3.63, 3.8) is 0 Å². The molecule has 0 saturated heterocycles. The molecule has 0 radical (unpaired) electrons. The summed E-state index contributed by atoms with van der Waals surface area (Å²) in [7, 11) is 1.69. The van der Waals surface area contributed by atoms with Crippen LogP contribution in [0.15, 0.2) is 54.6 Å². The van der Waals surface area contributed by atoms with Gasteiger partial charge in [-0.1, -0.05) is 35.9 Å². The third-order valence-corrected chi connectivity index (χ3v) is 4.83. The molecule has 0 atom stereocenters. The van der Waals surface area contributed by atoms with Gasteiger partial charge in [-0.05, 0) is 48.4 Å². The summed E-state index contributed by atoms with van der Waals surface area (Å²) < 4.78 is 21.2. The van der Waals surface area contributed by atoms with Crippen molar-refractivity contribution in [1.29, 1.82) is 0 Å². The largest absolute Gasteiger partial charge is 0.494 e. The monoisotopic (exact) mass is 353 g/mol. The van der Waals surface area contributed by atoms with Gasteiger partial charge in [0, 0.05) is 27.9 Å². The van der Waals surface area contributed by atoms with Crippen LogP contribution in [0.1, 0.15) is 11.1 Å². The van der Waals surface area contributed by atoms with Gasteiger partial charge in [-0.2, -0.15) is 0 Å². The Morgan fingerprint density at radius 1 is 1.00 bits per heavy atom. The predicted molar refractivity (Wildman–Crippen MR) is 101 cm³/mol. The van der Waals surface area contributed by atoms with Crippen LogP contribution in [0.5, 0.6) is 5.75 Å². The molecule has 4 heteroatoms. The molecule has 1 aromatic heterocycles. The molecule has 0 spiro atoms. The van der Waals surface area contributed by atoms with E-state index in [-0.39, 0.29) is 5.82 Å². The average Bonchev–Trinajstić information content (AvgIpc) is 2.90. The molecule has 0 amide bonds. The van der Waals surface area contributed by atoms with E-state index in [9.17, 15) is 4.39 Å². The maximum Gasteiger partial charge on any atom is 0.146 e. The molecular formula is C21H17ClFNO. The number of ether oxygens (including phenoxy) is 1. The van der Waals surface area contributed by atoms with E-state index in [0.717, 1.165) is 38.7 Å². The van der Waals surface area contributed by atoms with Crippen molar-refractivity contribution in [1.82, 2.24) is 4.57 Å². The molecule has 1 heterocycles. The van der Waals surface area contributed by atoms with Crippen LogP contribution in [0, 0.1) is 12.7 Å². The number of fused-ring (bicyclic) bond motifs is 3. The van der Waals surface area contributed by atoms with E-state index in [0.29, 0.717) is 11.6 Å². The molecule has 0 fully saturated rings. The first kappa shape index (κ1) is 16.0. The van der Waals surface area contributed by atoms with Gasteiger partial charge in [0.2, 0.25) is 0 Å². The van der Waals surface area contributed by atoms with Crippen molar-refractivity contribution in [3.8, 4) is 5.75 Å². The Morgan fingerprint density at radius 2 is 1.76 bits per heavy atom. The van der Waals surface area contributed by atoms with Gasteiger partial charge in [-0.15, -0.1) is 0 Å². The van der Waals surface area contributed by atoms with Crippen molar-refractivity contribution in [2.75, 3.05) is 7.11 Å². The third kappa shape index (κ3) is 2.65. The second-order valence-corrected chi connectivity index (χ2v) is 6.62. The van der Waals surface area contributed by atoms with Crippen LogP contribution in [0.2, 0.25) is 5.02 Å². The van der Waals surface area contributed by atoms with Crippen molar-refractivity contribution in [2.24, 2.45) is 0 Å². The lowest BCUT2D eigenvalue weighted by atomic mass is 10.1. The van der Waals surface area contributed by atoms with Crippen LogP contribution in [0.4, 0.5) is 4.39 Å². The minimum Gasteiger partial charge on any atom is -0.494 e. The highest BCUT2D eigenvalue weighted by molar-refractivity contribution is 6.32. The molecule has 0 aliphatic heterocycles. The fourth-order valence-corrected chi connectivity index (χ4v) is 3.60. The number of nitrogens with zero attached hydrogens (tertiary/aromatic N) is 1. The van der Waals surface area contributed by atoms with E-state index in [2.05, 4.69) is 16.7 Å². The standard InChI is InChI=1S/C21H17ClFNO/c1-13-3-9-17-18-11-15(22)6-10-19(18)24(20(17)21(13)25-2)12-14-4-7-16(23)8-5-14/h3-11H,12H2,1-2H3. The van der Waals surface area contributed by atoms with Crippen molar-refractivity contribution in [3.05, 3.63) is 76.6 Å². The van der Waals surface area contributed by atoms with E-state index in [1.54, 1.807) is 7.11 Å². The normalized spacial score (nSPS) is 11.4. The quantitative estimate of drug-likeness (QED) is 0.443. The first-order valence-corrected chi connectivity index (χ1v) is 8.46. The second-order valence-electron chi connectivity index (χ2n) is 6.19. The number of aryl methyl sites for hydroxylation is 1. The predicted octanol–water partition coefficient (Wildman–Crippen LogP) is 5.95. The third-order valence-electron chi connectivity index (χ3n) is 4.60. The smallest absolute Gasteiger partial charge is 0.146 e. The lowest BCUT2D eigenvalue weighted by Gasteiger charge is -2.12. The zero-order valence-electron chi connectivity index (χ0n) is 14.0. The Hall–Kier alpha value is -2.52. The molecule has 126 valence electrons. The first-order chi connectivity index (χ1) is 12.1. The van der Waals surface area contributed by atoms with E-state index < -0.39 is 0 Å². The number of hydrogen-bond donors (Lipinski definition) is 0. The van der Waals surface area contributed by atoms with Gasteiger partial charge in [0.25, 0.3) is 0 Å². The average molecular weight is 354 g/mol. The summed E-state index contributed by atoms with van der Waals surface area (Å²) in [5.74, 6) is 0.623. The summed E-state index contributed by atoms with van der Waals surface area (Å²) in [5.41, 5.74) is 4.21. The highest BCUT2D eigenvalue weighted by Gasteiger charge is 2.17. The molecule has 0 aliphatic carbocycles. The van der Waals surface area contributed by atoms with Crippen molar-refractivity contribution >= 4 is 33.4 Å². The zero-order valence-corrected chi connectivity index (χ0v) is 14.8. The summed E-state index contributed by atoms with van der Waals surface area (Å²) in [6.45, 7) is 2.66.